The van der Waals surface area contributed by atoms with E-state index in [1.807, 2.05) is 6.07 Å². The molecule has 0 bridgehead atoms. The molecule has 0 saturated heterocycles. The first-order valence-electron chi connectivity index (χ1n) is 9.45. The van der Waals surface area contributed by atoms with E-state index in [4.69, 9.17) is 15.7 Å². The highest BCUT2D eigenvalue weighted by atomic mass is 32.2. The molecule has 3 atom stereocenters. The van der Waals surface area contributed by atoms with Crippen LogP contribution in [0.3, 0.4) is 0 Å². The van der Waals surface area contributed by atoms with Crippen LogP contribution in [0, 0.1) is 23.1 Å². The number of nitrogens with zero attached hydrogens (tertiary/aromatic N) is 3. The Hall–Kier alpha value is -2.96. The van der Waals surface area contributed by atoms with E-state index in [9.17, 15) is 9.18 Å². The second-order valence-electron chi connectivity index (χ2n) is 7.30. The molecule has 1 saturated carbocycles. The van der Waals surface area contributed by atoms with Crippen LogP contribution in [-0.4, -0.2) is 35.0 Å². The zero-order valence-electron chi connectivity index (χ0n) is 16.3. The number of hydrogen-bond acceptors (Lipinski definition) is 7. The number of pyridine rings is 1. The highest BCUT2D eigenvalue weighted by Gasteiger charge is 2.53. The number of aliphatic imine (C=N–C) groups is 1. The van der Waals surface area contributed by atoms with E-state index in [0.717, 1.165) is 6.42 Å². The third-order valence-corrected chi connectivity index (χ3v) is 6.62. The van der Waals surface area contributed by atoms with Gasteiger partial charge in [-0.05, 0) is 43.2 Å². The van der Waals surface area contributed by atoms with Gasteiger partial charge in [0.25, 0.3) is 5.91 Å². The number of anilines is 1. The van der Waals surface area contributed by atoms with Gasteiger partial charge < -0.3 is 15.8 Å². The number of nitrogens with one attached hydrogen (secondary N) is 1. The second-order valence-corrected chi connectivity index (χ2v) is 8.34. The summed E-state index contributed by atoms with van der Waals surface area (Å²) >= 11 is 1.45. The van der Waals surface area contributed by atoms with E-state index in [1.165, 1.54) is 42.2 Å². The van der Waals surface area contributed by atoms with E-state index in [1.54, 1.807) is 13.2 Å². The van der Waals surface area contributed by atoms with Crippen molar-refractivity contribution in [3.8, 4) is 6.07 Å². The number of ether oxygens (including phenoxy) is 1. The van der Waals surface area contributed by atoms with Crippen molar-refractivity contribution in [2.75, 3.05) is 18.2 Å². The molecule has 0 spiro atoms. The number of aromatic nitrogens is 1. The number of halogens is 1. The van der Waals surface area contributed by atoms with Crippen molar-refractivity contribution in [2.45, 2.75) is 24.5 Å². The van der Waals surface area contributed by atoms with Crippen LogP contribution in [0.25, 0.3) is 0 Å². The molecule has 1 aliphatic carbocycles. The first kappa shape index (κ1) is 20.3. The van der Waals surface area contributed by atoms with Crippen LogP contribution in [0.15, 0.2) is 41.5 Å². The summed E-state index contributed by atoms with van der Waals surface area (Å²) in [6, 6.07) is 9.39. The molecule has 30 heavy (non-hydrogen) atoms. The van der Waals surface area contributed by atoms with Gasteiger partial charge in [0.15, 0.2) is 5.17 Å². The van der Waals surface area contributed by atoms with E-state index < -0.39 is 17.3 Å². The number of rotatable bonds is 4. The van der Waals surface area contributed by atoms with Crippen LogP contribution in [0.4, 0.5) is 10.1 Å². The predicted octanol–water partition coefficient (Wildman–Crippen LogP) is 3.03. The molecule has 1 aliphatic heterocycles. The number of nitrogens with two attached hydrogens (primary N) is 1. The number of benzene rings is 1. The Morgan fingerprint density at radius 2 is 2.27 bits per heavy atom. The Balaban J connectivity index is 1.67. The first-order chi connectivity index (χ1) is 14.5. The predicted molar refractivity (Wildman–Crippen MR) is 113 cm³/mol. The summed E-state index contributed by atoms with van der Waals surface area (Å²) in [6.45, 7) is 0. The Kier molecular flexibility index (Phi) is 5.45. The van der Waals surface area contributed by atoms with Crippen LogP contribution in [-0.2, 0) is 10.3 Å². The van der Waals surface area contributed by atoms with Gasteiger partial charge in [-0.2, -0.15) is 5.26 Å². The zero-order valence-corrected chi connectivity index (χ0v) is 17.1. The standard InChI is InChI=1S/C21H20FN5O2S/c1-29-18-6-7-21(15(18)11-30-20(24)27-21)14-8-13(3-4-16(14)22)26-19(28)17-5-2-12(9-23)10-25-17/h2-5,8,10,15,18H,6-7,11H2,1H3,(H2,24,27)(H,26,28)/t15-,18-,21+/m1/s1. The molecule has 2 aliphatic rings. The summed E-state index contributed by atoms with van der Waals surface area (Å²) < 4.78 is 20.6. The molecule has 0 radical (unpaired) electrons. The molecular weight excluding hydrogens is 405 g/mol. The molecule has 9 heteroatoms. The molecule has 2 aromatic rings. The van der Waals surface area contributed by atoms with Crippen LogP contribution in [0.5, 0.6) is 0 Å². The fraction of sp³-hybridized carbons (Fsp3) is 0.333. The van der Waals surface area contributed by atoms with Gasteiger partial charge in [0.05, 0.1) is 17.2 Å². The van der Waals surface area contributed by atoms with Crippen molar-refractivity contribution in [3.63, 3.8) is 0 Å². The minimum Gasteiger partial charge on any atom is -0.381 e. The Morgan fingerprint density at radius 3 is 2.97 bits per heavy atom. The van der Waals surface area contributed by atoms with Gasteiger partial charge in [0.1, 0.15) is 17.6 Å². The molecule has 1 aromatic heterocycles. The third-order valence-electron chi connectivity index (χ3n) is 5.71. The topological polar surface area (TPSA) is 113 Å². The molecule has 3 N–H and O–H groups in total. The molecule has 4 rings (SSSR count). The van der Waals surface area contributed by atoms with Crippen molar-refractivity contribution in [1.29, 1.82) is 5.26 Å². The van der Waals surface area contributed by atoms with Gasteiger partial charge in [-0.1, -0.05) is 11.8 Å². The normalized spacial score (nSPS) is 25.2. The van der Waals surface area contributed by atoms with Crippen molar-refractivity contribution < 1.29 is 13.9 Å². The van der Waals surface area contributed by atoms with Crippen molar-refractivity contribution in [3.05, 3.63) is 59.2 Å². The number of nitriles is 1. The molecule has 1 fully saturated rings. The van der Waals surface area contributed by atoms with Crippen molar-refractivity contribution >= 4 is 28.5 Å². The molecule has 2 heterocycles. The van der Waals surface area contributed by atoms with Crippen LogP contribution < -0.4 is 11.1 Å². The average Bonchev–Trinajstić information content (AvgIpc) is 3.13. The number of thioether (sulfide) groups is 1. The molecule has 1 aromatic carbocycles. The fourth-order valence-electron chi connectivity index (χ4n) is 4.25. The Labute approximate surface area is 177 Å². The van der Waals surface area contributed by atoms with E-state index in [0.29, 0.717) is 34.2 Å². The number of carbonyl (C=O) groups excluding carboxylic acids is 1. The van der Waals surface area contributed by atoms with E-state index in [-0.39, 0.29) is 17.7 Å². The average molecular weight is 425 g/mol. The quantitative estimate of drug-likeness (QED) is 0.778. The van der Waals surface area contributed by atoms with Gasteiger partial charge in [0.2, 0.25) is 0 Å². The highest BCUT2D eigenvalue weighted by Crippen LogP contribution is 2.52. The van der Waals surface area contributed by atoms with Crippen molar-refractivity contribution in [2.24, 2.45) is 16.6 Å². The van der Waals surface area contributed by atoms with Gasteiger partial charge in [-0.3, -0.25) is 9.79 Å². The minimum absolute atomic E-state index is 0.0135. The summed E-state index contributed by atoms with van der Waals surface area (Å²) in [6.07, 6.45) is 2.66. The SMILES string of the molecule is CO[C@@H]1CC[C@@]2(c3cc(NC(=O)c4ccc(C#N)cn4)ccc3F)N=C(N)SC[C@H]12. The van der Waals surface area contributed by atoms with Gasteiger partial charge >= 0.3 is 0 Å². The van der Waals surface area contributed by atoms with Crippen molar-refractivity contribution in [1.82, 2.24) is 4.98 Å². The van der Waals surface area contributed by atoms with Gasteiger partial charge in [-0.25, -0.2) is 9.37 Å². The largest absolute Gasteiger partial charge is 0.381 e. The molecule has 154 valence electrons. The molecule has 0 unspecified atom stereocenters. The lowest BCUT2D eigenvalue weighted by atomic mass is 9.80. The highest BCUT2D eigenvalue weighted by molar-refractivity contribution is 8.13. The number of carbonyl (C=O) groups is 1. The maximum absolute atomic E-state index is 15.0. The molecule has 1 amide bonds. The summed E-state index contributed by atoms with van der Waals surface area (Å²) in [7, 11) is 1.66. The number of hydrogen-bond donors (Lipinski definition) is 2. The van der Waals surface area contributed by atoms with Crippen LogP contribution >= 0.6 is 11.8 Å². The monoisotopic (exact) mass is 425 g/mol. The van der Waals surface area contributed by atoms with Crippen LogP contribution in [0.2, 0.25) is 0 Å². The van der Waals surface area contributed by atoms with E-state index >= 15 is 0 Å². The number of methoxy groups -OCH3 is 1. The number of fused-ring (bicyclic) bond motifs is 1. The van der Waals surface area contributed by atoms with E-state index in [2.05, 4.69) is 15.3 Å². The fourth-order valence-corrected chi connectivity index (χ4v) is 5.31. The molecular formula is C21H20FN5O2S. The Bertz CT molecular complexity index is 1050. The lowest BCUT2D eigenvalue weighted by Crippen LogP contribution is -2.41. The third kappa shape index (κ3) is 3.53. The van der Waals surface area contributed by atoms with Gasteiger partial charge in [0, 0.05) is 36.2 Å². The number of amides is 1. The lowest BCUT2D eigenvalue weighted by Gasteiger charge is -2.37. The zero-order chi connectivity index (χ0) is 21.3. The second kappa shape index (κ2) is 8.05. The Morgan fingerprint density at radius 1 is 1.43 bits per heavy atom. The maximum atomic E-state index is 15.0. The summed E-state index contributed by atoms with van der Waals surface area (Å²) in [4.78, 5) is 21.2. The van der Waals surface area contributed by atoms with Gasteiger partial charge in [-0.15, -0.1) is 0 Å². The maximum Gasteiger partial charge on any atom is 0.274 e. The minimum atomic E-state index is -0.812. The summed E-state index contributed by atoms with van der Waals surface area (Å²) in [5.41, 5.74) is 6.56. The first-order valence-corrected chi connectivity index (χ1v) is 10.4. The smallest absolute Gasteiger partial charge is 0.274 e. The van der Waals surface area contributed by atoms with Crippen LogP contribution in [0.1, 0.15) is 34.5 Å². The lowest BCUT2D eigenvalue weighted by molar-refractivity contribution is 0.0645. The molecule has 7 nitrogen and oxygen atoms in total. The number of amidine groups is 1. The summed E-state index contributed by atoms with van der Waals surface area (Å²) in [5.74, 6) is -0.163. The summed E-state index contributed by atoms with van der Waals surface area (Å²) in [5, 5.41) is 12.0.